The second-order valence-electron chi connectivity index (χ2n) is 23.4. The fourth-order valence-electron chi connectivity index (χ4n) is 11.2. The first-order valence-corrected chi connectivity index (χ1v) is 28.4. The van der Waals surface area contributed by atoms with Crippen LogP contribution in [0.2, 0.25) is 0 Å². The Morgan fingerprint density at radius 2 is 0.675 bits per heavy atom. The molecule has 2 aliphatic heterocycles. The van der Waals surface area contributed by atoms with Gasteiger partial charge in [0.1, 0.15) is 35.5 Å². The molecule has 2 fully saturated rings. The van der Waals surface area contributed by atoms with Crippen molar-refractivity contribution >= 4 is 11.9 Å². The number of ether oxygens (including phenoxy) is 4. The monoisotopic (exact) mass is 1090 g/mol. The third-order valence-corrected chi connectivity index (χ3v) is 15.6. The van der Waals surface area contributed by atoms with E-state index in [-0.39, 0.29) is 47.3 Å². The molecule has 2 aliphatic rings. The summed E-state index contributed by atoms with van der Waals surface area (Å²) in [5, 5.41) is 0. The number of carbonyl (C=O) groups is 2. The Kier molecular flexibility index (Phi) is 20.1. The number of likely N-dealkylation sites (tertiary alicyclic amines) is 2. The first-order valence-electron chi connectivity index (χ1n) is 28.4. The van der Waals surface area contributed by atoms with Crippen LogP contribution in [0.1, 0.15) is 162 Å². The van der Waals surface area contributed by atoms with Gasteiger partial charge in [-0.1, -0.05) is 151 Å². The van der Waals surface area contributed by atoms with Crippen LogP contribution in [0.5, 0.6) is 0 Å². The maximum absolute atomic E-state index is 14.7. The molecule has 6 aromatic carbocycles. The highest BCUT2D eigenvalue weighted by atomic mass is 19.1. The second-order valence-corrected chi connectivity index (χ2v) is 23.4. The minimum atomic E-state index is -1.27. The molecule has 424 valence electrons. The molecule has 0 amide bonds. The minimum Gasteiger partial charge on any atom is -0.436 e. The van der Waals surface area contributed by atoms with E-state index in [4.69, 9.17) is 18.9 Å². The Bertz CT molecular complexity index is 2650. The van der Waals surface area contributed by atoms with E-state index in [2.05, 4.69) is 75.6 Å². The SMILES string of the molecule is CC(C)(C)c1ccc(C(CCCOC(c2ccc(F)cc2)c2ccc(F)cc2)(OC(=O)/C=C/C(=O)OC(CCCOC(c2ccc(F)cc2)c2ccc(F)cc2)(c2ccc(C(C)(C)C)cc2)N2CCCCC2)N2CCCCC2)cc1. The van der Waals surface area contributed by atoms with Gasteiger partial charge < -0.3 is 18.9 Å². The van der Waals surface area contributed by atoms with Crippen LogP contribution in [0.15, 0.2) is 158 Å². The highest BCUT2D eigenvalue weighted by Gasteiger charge is 2.45. The maximum Gasteiger partial charge on any atom is 0.333 e. The average molecular weight is 1100 g/mol. The van der Waals surface area contributed by atoms with E-state index in [1.807, 2.05) is 24.3 Å². The van der Waals surface area contributed by atoms with Crippen molar-refractivity contribution in [3.63, 3.8) is 0 Å². The zero-order chi connectivity index (χ0) is 56.9. The Morgan fingerprint density at radius 1 is 0.412 bits per heavy atom. The van der Waals surface area contributed by atoms with Crippen LogP contribution in [-0.4, -0.2) is 61.1 Å². The summed E-state index contributed by atoms with van der Waals surface area (Å²) in [6.07, 6.45) is 8.27. The third kappa shape index (κ3) is 15.3. The van der Waals surface area contributed by atoms with Crippen molar-refractivity contribution < 1.29 is 46.1 Å². The number of carbonyl (C=O) groups excluding carboxylic acids is 2. The summed E-state index contributed by atoms with van der Waals surface area (Å²) in [5.74, 6) is -2.97. The number of hydrogen-bond donors (Lipinski definition) is 0. The Labute approximate surface area is 471 Å². The second kappa shape index (κ2) is 26.9. The summed E-state index contributed by atoms with van der Waals surface area (Å²) in [5.41, 5.74) is 3.82. The number of hydrogen-bond acceptors (Lipinski definition) is 8. The minimum absolute atomic E-state index is 0.142. The Hall–Kier alpha value is -6.44. The molecule has 2 heterocycles. The third-order valence-electron chi connectivity index (χ3n) is 15.6. The number of nitrogens with zero attached hydrogens (tertiary/aromatic N) is 2. The van der Waals surface area contributed by atoms with Crippen LogP contribution >= 0.6 is 0 Å². The van der Waals surface area contributed by atoms with E-state index in [1.165, 1.54) is 60.7 Å². The van der Waals surface area contributed by atoms with E-state index in [9.17, 15) is 27.2 Å². The zero-order valence-electron chi connectivity index (χ0n) is 47.3. The number of halogens is 4. The summed E-state index contributed by atoms with van der Waals surface area (Å²) >= 11 is 0. The predicted octanol–water partition coefficient (Wildman–Crippen LogP) is 15.6. The fraction of sp³-hybridized carbons (Fsp3) is 0.412. The van der Waals surface area contributed by atoms with Crippen molar-refractivity contribution in [3.8, 4) is 0 Å². The van der Waals surface area contributed by atoms with Gasteiger partial charge in [0, 0.05) is 75.5 Å². The molecule has 2 atom stereocenters. The number of piperidine rings is 2. The molecule has 6 aromatic rings. The van der Waals surface area contributed by atoms with E-state index < -0.39 is 35.6 Å². The summed E-state index contributed by atoms with van der Waals surface area (Å²) in [6.45, 7) is 16.0. The largest absolute Gasteiger partial charge is 0.436 e. The molecule has 0 radical (unpaired) electrons. The van der Waals surface area contributed by atoms with Crippen molar-refractivity contribution in [1.82, 2.24) is 9.80 Å². The van der Waals surface area contributed by atoms with E-state index in [0.29, 0.717) is 74.1 Å². The number of rotatable bonds is 22. The zero-order valence-corrected chi connectivity index (χ0v) is 47.3. The first kappa shape index (κ1) is 59.7. The lowest BCUT2D eigenvalue weighted by atomic mass is 9.85. The topological polar surface area (TPSA) is 77.5 Å². The summed E-state index contributed by atoms with van der Waals surface area (Å²) in [4.78, 5) is 33.8. The lowest BCUT2D eigenvalue weighted by Crippen LogP contribution is -2.52. The molecule has 2 unspecified atom stereocenters. The molecular formula is C68H78F4N2O6. The van der Waals surface area contributed by atoms with Crippen LogP contribution in [0.25, 0.3) is 0 Å². The Balaban J connectivity index is 1.08. The van der Waals surface area contributed by atoms with Crippen LogP contribution in [0, 0.1) is 23.3 Å². The molecule has 2 saturated heterocycles. The van der Waals surface area contributed by atoms with Crippen molar-refractivity contribution in [1.29, 1.82) is 0 Å². The van der Waals surface area contributed by atoms with Gasteiger partial charge in [-0.05, 0) is 131 Å². The number of esters is 2. The van der Waals surface area contributed by atoms with E-state index in [0.717, 1.165) is 60.8 Å². The molecule has 0 N–H and O–H groups in total. The van der Waals surface area contributed by atoms with Crippen molar-refractivity contribution in [2.75, 3.05) is 39.4 Å². The molecule has 8 rings (SSSR count). The quantitative estimate of drug-likeness (QED) is 0.0288. The van der Waals surface area contributed by atoms with Gasteiger partial charge in [-0.3, -0.25) is 9.80 Å². The molecule has 0 saturated carbocycles. The van der Waals surface area contributed by atoms with Gasteiger partial charge in [0.15, 0.2) is 11.4 Å². The van der Waals surface area contributed by atoms with Crippen LogP contribution < -0.4 is 0 Å². The molecule has 8 nitrogen and oxygen atoms in total. The van der Waals surface area contributed by atoms with Crippen molar-refractivity contribution in [2.24, 2.45) is 0 Å². The van der Waals surface area contributed by atoms with E-state index >= 15 is 0 Å². The van der Waals surface area contributed by atoms with Gasteiger partial charge in [-0.2, -0.15) is 0 Å². The highest BCUT2D eigenvalue weighted by molar-refractivity contribution is 5.92. The normalized spacial score (nSPS) is 16.4. The lowest BCUT2D eigenvalue weighted by Gasteiger charge is -2.45. The van der Waals surface area contributed by atoms with Crippen molar-refractivity contribution in [2.45, 2.75) is 140 Å². The molecule has 0 aromatic heterocycles. The fourth-order valence-corrected chi connectivity index (χ4v) is 11.2. The predicted molar refractivity (Wildman–Crippen MR) is 305 cm³/mol. The molecule has 0 bridgehead atoms. The first-order chi connectivity index (χ1) is 38.3. The van der Waals surface area contributed by atoms with Crippen molar-refractivity contribution in [3.05, 3.63) is 226 Å². The van der Waals surface area contributed by atoms with Gasteiger partial charge in [-0.25, -0.2) is 27.2 Å². The summed E-state index contributed by atoms with van der Waals surface area (Å²) in [7, 11) is 0. The van der Waals surface area contributed by atoms with Crippen LogP contribution in [0.3, 0.4) is 0 Å². The lowest BCUT2D eigenvalue weighted by molar-refractivity contribution is -0.193. The Morgan fingerprint density at radius 3 is 0.938 bits per heavy atom. The molecule has 12 heteroatoms. The molecule has 80 heavy (non-hydrogen) atoms. The van der Waals surface area contributed by atoms with Crippen LogP contribution in [-0.2, 0) is 50.8 Å². The summed E-state index contributed by atoms with van der Waals surface area (Å²) in [6, 6.07) is 40.7. The van der Waals surface area contributed by atoms with E-state index in [1.54, 1.807) is 48.5 Å². The number of benzene rings is 6. The van der Waals surface area contributed by atoms with Gasteiger partial charge in [0.25, 0.3) is 0 Å². The van der Waals surface area contributed by atoms with Gasteiger partial charge in [-0.15, -0.1) is 0 Å². The summed E-state index contributed by atoms with van der Waals surface area (Å²) < 4.78 is 83.3. The smallest absolute Gasteiger partial charge is 0.333 e. The van der Waals surface area contributed by atoms with Gasteiger partial charge in [0.05, 0.1) is 0 Å². The molecule has 0 spiro atoms. The standard InChI is InChI=1S/C68H78F4N2O6/c1-65(2,3)53-23-27-55(28-24-53)67(73-43-9-7-10-44-73,41-13-47-77-63(49-15-31-57(69)32-16-49)50-17-33-58(70)34-18-50)79-61(75)39-40-62(76)80-68(74-45-11-8-12-46-74,56-29-25-54(26-30-56)66(4,5)6)42-14-48-78-64(51-19-35-59(71)36-20-51)52-21-37-60(72)38-22-52/h15-40,63-64H,7-14,41-48H2,1-6H3/b40-39+. The molecular weight excluding hydrogens is 1020 g/mol. The maximum atomic E-state index is 14.7. The van der Waals surface area contributed by atoms with Crippen LogP contribution in [0.4, 0.5) is 17.6 Å². The van der Waals surface area contributed by atoms with Gasteiger partial charge in [0.2, 0.25) is 0 Å². The van der Waals surface area contributed by atoms with Gasteiger partial charge >= 0.3 is 11.9 Å². The average Bonchev–Trinajstić information content (AvgIpc) is 3.48. The molecule has 0 aliphatic carbocycles. The highest BCUT2D eigenvalue weighted by Crippen LogP contribution is 2.42.